The van der Waals surface area contributed by atoms with Gasteiger partial charge in [0, 0.05) is 0 Å². The second-order valence-electron chi connectivity index (χ2n) is 16.8. The average molecular weight is 845 g/mol. The number of nitrogens with zero attached hydrogens (tertiary/aromatic N) is 2. The average Bonchev–Trinajstić information content (AvgIpc) is 3.86. The molecule has 0 spiro atoms. The predicted molar refractivity (Wildman–Crippen MR) is 273 cm³/mol. The molecule has 0 saturated carbocycles. The van der Waals surface area contributed by atoms with Gasteiger partial charge in [-0.15, -0.1) is 0 Å². The van der Waals surface area contributed by atoms with Gasteiger partial charge in [-0.1, -0.05) is 194 Å². The van der Waals surface area contributed by atoms with Crippen molar-refractivity contribution in [3.8, 4) is 89.0 Å². The monoisotopic (exact) mass is 844 g/mol. The highest BCUT2D eigenvalue weighted by Crippen LogP contribution is 2.42. The summed E-state index contributed by atoms with van der Waals surface area (Å²) in [4.78, 5) is 29.6. The molecule has 0 aliphatic heterocycles. The van der Waals surface area contributed by atoms with Crippen LogP contribution in [0.25, 0.3) is 111 Å². The van der Waals surface area contributed by atoms with Crippen LogP contribution in [0.1, 0.15) is 0 Å². The van der Waals surface area contributed by atoms with E-state index in [-0.39, 0.29) is 11.1 Å². The summed E-state index contributed by atoms with van der Waals surface area (Å²) in [7, 11) is 0. The van der Waals surface area contributed by atoms with Crippen LogP contribution in [0.5, 0.6) is 0 Å². The third-order valence-corrected chi connectivity index (χ3v) is 12.9. The van der Waals surface area contributed by atoms with Crippen molar-refractivity contribution in [1.82, 2.24) is 9.03 Å². The molecule has 66 heavy (non-hydrogen) atoms. The summed E-state index contributed by atoms with van der Waals surface area (Å²) in [5.74, 6) is 0. The maximum atomic E-state index is 15.0. The topological polar surface area (TPSA) is 43.0 Å². The van der Waals surface area contributed by atoms with Crippen molar-refractivity contribution in [2.24, 2.45) is 0 Å². The summed E-state index contributed by atoms with van der Waals surface area (Å²) in [5, 5.41) is 0.983. The number of hydrogen-bond donors (Lipinski definition) is 0. The minimum absolute atomic E-state index is 0.341. The van der Waals surface area contributed by atoms with E-state index in [1.807, 2.05) is 65.2 Å². The second kappa shape index (κ2) is 16.0. The van der Waals surface area contributed by atoms with Crippen molar-refractivity contribution < 1.29 is 0 Å². The zero-order chi connectivity index (χ0) is 44.1. The Balaban J connectivity index is 1.08. The Morgan fingerprint density at radius 1 is 0.227 bits per heavy atom. The molecule has 10 aromatic carbocycles. The summed E-state index contributed by atoms with van der Waals surface area (Å²) >= 11 is 0. The number of hydrogen-bond acceptors (Lipinski definition) is 2. The van der Waals surface area contributed by atoms with Gasteiger partial charge in [-0.05, 0) is 138 Å². The van der Waals surface area contributed by atoms with Crippen LogP contribution in [0.15, 0.2) is 252 Å². The van der Waals surface area contributed by atoms with Gasteiger partial charge < -0.3 is 0 Å². The Kier molecular flexibility index (Phi) is 9.43. The summed E-state index contributed by atoms with van der Waals surface area (Å²) < 4.78 is 3.18. The molecule has 0 aliphatic rings. The van der Waals surface area contributed by atoms with E-state index in [9.17, 15) is 4.79 Å². The standard InChI is InChI=1S/C62H40N2O2/c65-61-56-33-32-47(45-26-17-27-46(34-45)50-36-48(41-18-5-1-6-19-41)35-49(37-50)42-20-7-2-8-21-42)39-58(56)63-59-40-51(54-30-14-13-28-52(54)43-22-9-3-10-23-43)38-57(60(59)62(66)64(61)63)55-31-16-15-29-53(55)44-24-11-4-12-25-44/h1-40H. The van der Waals surface area contributed by atoms with Crippen LogP contribution >= 0.6 is 0 Å². The molecule has 0 unspecified atom stereocenters. The highest BCUT2D eigenvalue weighted by atomic mass is 16.2. The molecule has 0 atom stereocenters. The minimum Gasteiger partial charge on any atom is -0.267 e. The van der Waals surface area contributed by atoms with Gasteiger partial charge in [0.05, 0.1) is 21.8 Å². The lowest BCUT2D eigenvalue weighted by Crippen LogP contribution is -2.21. The van der Waals surface area contributed by atoms with Crippen molar-refractivity contribution in [2.75, 3.05) is 0 Å². The SMILES string of the molecule is O=c1c2ccc(-c3cccc(-c4cc(-c5ccccc5)cc(-c5ccccc5)c4)c3)cc2n2c3cc(-c4ccccc4-c4ccccc4)cc(-c4ccccc4-c4ccccc4)c3c(=O)n12. The summed E-state index contributed by atoms with van der Waals surface area (Å²) in [6.45, 7) is 0. The molecule has 0 N–H and O–H groups in total. The van der Waals surface area contributed by atoms with E-state index >= 15 is 4.79 Å². The molecular formula is C62H40N2O2. The molecule has 0 saturated heterocycles. The first-order valence-corrected chi connectivity index (χ1v) is 22.2. The normalized spacial score (nSPS) is 11.5. The van der Waals surface area contributed by atoms with Crippen LogP contribution in [-0.4, -0.2) is 9.03 Å². The van der Waals surface area contributed by atoms with Crippen LogP contribution in [0, 0.1) is 0 Å². The molecule has 0 fully saturated rings. The lowest BCUT2D eigenvalue weighted by atomic mass is 9.88. The van der Waals surface area contributed by atoms with E-state index in [4.69, 9.17) is 0 Å². The third kappa shape index (κ3) is 6.63. The predicted octanol–water partition coefficient (Wildman–Crippen LogP) is 14.8. The molecular weight excluding hydrogens is 805 g/mol. The van der Waals surface area contributed by atoms with Crippen LogP contribution in [0.3, 0.4) is 0 Å². The van der Waals surface area contributed by atoms with E-state index in [1.54, 1.807) is 0 Å². The molecule has 4 nitrogen and oxygen atoms in total. The van der Waals surface area contributed by atoms with Crippen molar-refractivity contribution >= 4 is 21.8 Å². The van der Waals surface area contributed by atoms with Gasteiger partial charge in [0.2, 0.25) is 0 Å². The maximum Gasteiger partial charge on any atom is 0.283 e. The Bertz CT molecular complexity index is 3840. The van der Waals surface area contributed by atoms with Gasteiger partial charge in [-0.25, -0.2) is 4.52 Å². The molecule has 0 amide bonds. The van der Waals surface area contributed by atoms with E-state index in [0.29, 0.717) is 21.8 Å². The quantitative estimate of drug-likeness (QED) is 0.153. The first-order chi connectivity index (χ1) is 32.6. The molecule has 0 aliphatic carbocycles. The van der Waals surface area contributed by atoms with Crippen LogP contribution < -0.4 is 11.1 Å². The fourth-order valence-corrected chi connectivity index (χ4v) is 9.75. The molecule has 0 radical (unpaired) electrons. The third-order valence-electron chi connectivity index (χ3n) is 12.9. The van der Waals surface area contributed by atoms with E-state index in [0.717, 1.165) is 89.0 Å². The Labute approximate surface area is 381 Å². The molecule has 310 valence electrons. The van der Waals surface area contributed by atoms with Gasteiger partial charge in [-0.2, -0.15) is 4.52 Å². The highest BCUT2D eigenvalue weighted by Gasteiger charge is 2.24. The van der Waals surface area contributed by atoms with E-state index in [2.05, 4.69) is 182 Å². The van der Waals surface area contributed by atoms with Crippen molar-refractivity contribution in [3.63, 3.8) is 0 Å². The van der Waals surface area contributed by atoms with Crippen molar-refractivity contribution in [3.05, 3.63) is 263 Å². The van der Waals surface area contributed by atoms with Gasteiger partial charge in [0.1, 0.15) is 0 Å². The van der Waals surface area contributed by atoms with Gasteiger partial charge in [0.25, 0.3) is 11.1 Å². The van der Waals surface area contributed by atoms with E-state index < -0.39 is 0 Å². The Morgan fingerprint density at radius 2 is 0.621 bits per heavy atom. The lowest BCUT2D eigenvalue weighted by molar-refractivity contribution is 0.841. The zero-order valence-electron chi connectivity index (χ0n) is 35.8. The summed E-state index contributed by atoms with van der Waals surface area (Å²) in [6.07, 6.45) is 0. The van der Waals surface area contributed by atoms with Gasteiger partial charge in [0.15, 0.2) is 0 Å². The second-order valence-corrected chi connectivity index (χ2v) is 16.8. The summed E-state index contributed by atoms with van der Waals surface area (Å²) in [5.41, 5.74) is 17.2. The fraction of sp³-hybridized carbons (Fsp3) is 0. The molecule has 0 bridgehead atoms. The van der Waals surface area contributed by atoms with Crippen LogP contribution in [-0.2, 0) is 0 Å². The molecule has 2 aromatic heterocycles. The van der Waals surface area contributed by atoms with Gasteiger partial charge >= 0.3 is 0 Å². The number of fused-ring (bicyclic) bond motifs is 5. The lowest BCUT2D eigenvalue weighted by Gasteiger charge is -2.15. The van der Waals surface area contributed by atoms with Crippen molar-refractivity contribution in [2.45, 2.75) is 0 Å². The number of rotatable bonds is 8. The first-order valence-electron chi connectivity index (χ1n) is 22.2. The molecule has 2 heterocycles. The highest BCUT2D eigenvalue weighted by molar-refractivity contribution is 6.04. The smallest absolute Gasteiger partial charge is 0.267 e. The van der Waals surface area contributed by atoms with Crippen LogP contribution in [0.4, 0.5) is 0 Å². The Hall–Kier alpha value is -8.86. The first kappa shape index (κ1) is 38.8. The van der Waals surface area contributed by atoms with Gasteiger partial charge in [-0.3, -0.25) is 9.59 Å². The molecule has 12 aromatic rings. The largest absolute Gasteiger partial charge is 0.283 e. The molecule has 12 rings (SSSR count). The minimum atomic E-state index is -0.344. The van der Waals surface area contributed by atoms with Crippen molar-refractivity contribution in [1.29, 1.82) is 0 Å². The molecule has 4 heteroatoms. The van der Waals surface area contributed by atoms with E-state index in [1.165, 1.54) is 4.52 Å². The number of benzene rings is 10. The number of aromatic nitrogens is 2. The van der Waals surface area contributed by atoms with Crippen LogP contribution in [0.2, 0.25) is 0 Å². The zero-order valence-corrected chi connectivity index (χ0v) is 35.8. The Morgan fingerprint density at radius 3 is 1.18 bits per heavy atom. The maximum absolute atomic E-state index is 15.0. The fourth-order valence-electron chi connectivity index (χ4n) is 9.75. The summed E-state index contributed by atoms with van der Waals surface area (Å²) in [6, 6.07) is 83.7.